The van der Waals surface area contributed by atoms with E-state index in [9.17, 15) is 4.79 Å². The number of methoxy groups -OCH3 is 2. The van der Waals surface area contributed by atoms with E-state index in [0.717, 1.165) is 5.56 Å². The van der Waals surface area contributed by atoms with Crippen molar-refractivity contribution in [2.75, 3.05) is 14.2 Å². The normalized spacial score (nSPS) is 9.69. The molecule has 0 fully saturated rings. The third-order valence-corrected chi connectivity index (χ3v) is 1.53. The van der Waals surface area contributed by atoms with Gasteiger partial charge in [0.1, 0.15) is 0 Å². The first-order valence-corrected chi connectivity index (χ1v) is 3.79. The average molecular weight is 181 g/mol. The molecule has 1 heterocycles. The van der Waals surface area contributed by atoms with Crippen LogP contribution in [0.3, 0.4) is 0 Å². The lowest BCUT2D eigenvalue weighted by Crippen LogP contribution is -2.03. The number of carbonyl (C=O) groups is 1. The molecule has 0 aliphatic heterocycles. The fraction of sp³-hybridized carbons (Fsp3) is 0.333. The molecule has 13 heavy (non-hydrogen) atoms. The molecule has 0 aromatic carbocycles. The molecule has 1 rings (SSSR count). The highest BCUT2D eigenvalue weighted by molar-refractivity contribution is 5.89. The smallest absolute Gasteiger partial charge is 0.339 e. The Morgan fingerprint density at radius 1 is 1.46 bits per heavy atom. The van der Waals surface area contributed by atoms with Gasteiger partial charge in [-0.2, -0.15) is 0 Å². The van der Waals surface area contributed by atoms with Crippen LogP contribution in [-0.4, -0.2) is 25.2 Å². The van der Waals surface area contributed by atoms with Gasteiger partial charge in [-0.05, 0) is 11.6 Å². The molecule has 70 valence electrons. The second-order valence-corrected chi connectivity index (χ2v) is 2.51. The highest BCUT2D eigenvalue weighted by Gasteiger charge is 2.05. The van der Waals surface area contributed by atoms with Gasteiger partial charge in [-0.25, -0.2) is 4.79 Å². The quantitative estimate of drug-likeness (QED) is 0.653. The first-order valence-electron chi connectivity index (χ1n) is 3.79. The summed E-state index contributed by atoms with van der Waals surface area (Å²) in [5.41, 5.74) is 1.29. The van der Waals surface area contributed by atoms with Gasteiger partial charge in [-0.1, -0.05) is 0 Å². The van der Waals surface area contributed by atoms with Crippen molar-refractivity contribution in [2.45, 2.75) is 6.61 Å². The lowest BCUT2D eigenvalue weighted by Gasteiger charge is -2.01. The van der Waals surface area contributed by atoms with Gasteiger partial charge in [0.15, 0.2) is 0 Å². The molecule has 0 saturated heterocycles. The first-order chi connectivity index (χ1) is 6.27. The Morgan fingerprint density at radius 2 is 2.23 bits per heavy atom. The summed E-state index contributed by atoms with van der Waals surface area (Å²) in [5, 5.41) is 0. The molecule has 1 aromatic rings. The molecule has 0 aliphatic rings. The van der Waals surface area contributed by atoms with E-state index in [1.807, 2.05) is 0 Å². The summed E-state index contributed by atoms with van der Waals surface area (Å²) >= 11 is 0. The zero-order valence-electron chi connectivity index (χ0n) is 7.61. The highest BCUT2D eigenvalue weighted by Crippen LogP contribution is 2.04. The third kappa shape index (κ3) is 2.52. The van der Waals surface area contributed by atoms with Gasteiger partial charge in [0.2, 0.25) is 0 Å². The summed E-state index contributed by atoms with van der Waals surface area (Å²) in [6, 6.07) is 1.70. The number of carbonyl (C=O) groups excluding carboxylic acids is 1. The largest absolute Gasteiger partial charge is 0.465 e. The van der Waals surface area contributed by atoms with Crippen LogP contribution >= 0.6 is 0 Å². The van der Waals surface area contributed by atoms with Crippen LogP contribution in [0.5, 0.6) is 0 Å². The van der Waals surface area contributed by atoms with Crippen molar-refractivity contribution in [3.63, 3.8) is 0 Å². The van der Waals surface area contributed by atoms with Crippen LogP contribution in [0, 0.1) is 0 Å². The van der Waals surface area contributed by atoms with E-state index < -0.39 is 0 Å². The van der Waals surface area contributed by atoms with Crippen molar-refractivity contribution in [1.82, 2.24) is 4.98 Å². The molecule has 0 unspecified atom stereocenters. The number of hydrogen-bond donors (Lipinski definition) is 0. The SMILES string of the molecule is COCc1cncc(C(=O)OC)c1. The molecule has 0 bridgehead atoms. The van der Waals surface area contributed by atoms with E-state index in [-0.39, 0.29) is 5.97 Å². The molecular weight excluding hydrogens is 170 g/mol. The average Bonchev–Trinajstić information content (AvgIpc) is 2.18. The number of rotatable bonds is 3. The lowest BCUT2D eigenvalue weighted by atomic mass is 10.2. The molecule has 0 radical (unpaired) electrons. The van der Waals surface area contributed by atoms with Crippen molar-refractivity contribution in [1.29, 1.82) is 0 Å². The lowest BCUT2D eigenvalue weighted by molar-refractivity contribution is 0.0600. The summed E-state index contributed by atoms with van der Waals surface area (Å²) in [4.78, 5) is 15.0. The first kappa shape index (κ1) is 9.67. The molecule has 1 aromatic heterocycles. The second-order valence-electron chi connectivity index (χ2n) is 2.51. The maximum absolute atomic E-state index is 11.1. The highest BCUT2D eigenvalue weighted by atomic mass is 16.5. The molecule has 4 nitrogen and oxygen atoms in total. The van der Waals surface area contributed by atoms with Gasteiger partial charge in [0.25, 0.3) is 0 Å². The standard InChI is InChI=1S/C9H11NO3/c1-12-6-7-3-8(5-10-4-7)9(11)13-2/h3-5H,6H2,1-2H3. The molecule has 0 saturated carbocycles. The van der Waals surface area contributed by atoms with Crippen molar-refractivity contribution in [2.24, 2.45) is 0 Å². The molecule has 4 heteroatoms. The molecular formula is C9H11NO3. The summed E-state index contributed by atoms with van der Waals surface area (Å²) in [7, 11) is 2.93. The predicted octanol–water partition coefficient (Wildman–Crippen LogP) is 1.01. The van der Waals surface area contributed by atoms with E-state index in [1.54, 1.807) is 19.4 Å². The van der Waals surface area contributed by atoms with Gasteiger partial charge in [-0.3, -0.25) is 4.98 Å². The molecule has 0 atom stereocenters. The van der Waals surface area contributed by atoms with Crippen LogP contribution in [0.1, 0.15) is 15.9 Å². The fourth-order valence-electron chi connectivity index (χ4n) is 0.963. The van der Waals surface area contributed by atoms with Crippen molar-refractivity contribution >= 4 is 5.97 Å². The van der Waals surface area contributed by atoms with Crippen LogP contribution in [0.2, 0.25) is 0 Å². The van der Waals surface area contributed by atoms with E-state index in [2.05, 4.69) is 9.72 Å². The predicted molar refractivity (Wildman–Crippen MR) is 46.3 cm³/mol. The third-order valence-electron chi connectivity index (χ3n) is 1.53. The summed E-state index contributed by atoms with van der Waals surface area (Å²) < 4.78 is 9.45. The Hall–Kier alpha value is -1.42. The summed E-state index contributed by atoms with van der Waals surface area (Å²) in [5.74, 6) is -0.384. The number of aromatic nitrogens is 1. The van der Waals surface area contributed by atoms with Crippen LogP contribution in [0.25, 0.3) is 0 Å². The van der Waals surface area contributed by atoms with Gasteiger partial charge >= 0.3 is 5.97 Å². The van der Waals surface area contributed by atoms with E-state index in [1.165, 1.54) is 13.3 Å². The maximum Gasteiger partial charge on any atom is 0.339 e. The van der Waals surface area contributed by atoms with Gasteiger partial charge in [0, 0.05) is 19.5 Å². The van der Waals surface area contributed by atoms with Crippen LogP contribution in [0.15, 0.2) is 18.5 Å². The Morgan fingerprint density at radius 3 is 2.85 bits per heavy atom. The number of esters is 1. The maximum atomic E-state index is 11.1. The van der Waals surface area contributed by atoms with Crippen LogP contribution < -0.4 is 0 Å². The Bertz CT molecular complexity index is 299. The van der Waals surface area contributed by atoms with Crippen molar-refractivity contribution in [3.8, 4) is 0 Å². The number of nitrogens with zero attached hydrogens (tertiary/aromatic N) is 1. The van der Waals surface area contributed by atoms with Crippen molar-refractivity contribution in [3.05, 3.63) is 29.6 Å². The second kappa shape index (κ2) is 4.57. The minimum atomic E-state index is -0.384. The van der Waals surface area contributed by atoms with Gasteiger partial charge in [-0.15, -0.1) is 0 Å². The molecule has 0 aliphatic carbocycles. The molecule has 0 amide bonds. The molecule has 0 spiro atoms. The number of pyridine rings is 1. The minimum absolute atomic E-state index is 0.384. The van der Waals surface area contributed by atoms with Crippen LogP contribution in [-0.2, 0) is 16.1 Å². The van der Waals surface area contributed by atoms with Crippen molar-refractivity contribution < 1.29 is 14.3 Å². The van der Waals surface area contributed by atoms with Gasteiger partial charge in [0.05, 0.1) is 19.3 Å². The number of ether oxygens (including phenoxy) is 2. The number of hydrogen-bond acceptors (Lipinski definition) is 4. The Balaban J connectivity index is 2.85. The monoisotopic (exact) mass is 181 g/mol. The Kier molecular flexibility index (Phi) is 3.40. The van der Waals surface area contributed by atoms with E-state index in [0.29, 0.717) is 12.2 Å². The fourth-order valence-corrected chi connectivity index (χ4v) is 0.963. The zero-order valence-corrected chi connectivity index (χ0v) is 7.61. The Labute approximate surface area is 76.5 Å². The van der Waals surface area contributed by atoms with Crippen LogP contribution in [0.4, 0.5) is 0 Å². The summed E-state index contributed by atoms with van der Waals surface area (Å²) in [6.07, 6.45) is 3.11. The van der Waals surface area contributed by atoms with E-state index >= 15 is 0 Å². The zero-order chi connectivity index (χ0) is 9.68. The van der Waals surface area contributed by atoms with Gasteiger partial charge < -0.3 is 9.47 Å². The topological polar surface area (TPSA) is 48.4 Å². The minimum Gasteiger partial charge on any atom is -0.465 e. The molecule has 0 N–H and O–H groups in total. The van der Waals surface area contributed by atoms with E-state index in [4.69, 9.17) is 4.74 Å². The summed E-state index contributed by atoms with van der Waals surface area (Å²) in [6.45, 7) is 0.442.